The average molecular weight is 415 g/mol. The molecule has 2 aromatic carbocycles. The van der Waals surface area contributed by atoms with Gasteiger partial charge in [-0.05, 0) is 74.7 Å². The lowest BCUT2D eigenvalue weighted by atomic mass is 10.1. The van der Waals surface area contributed by atoms with Crippen molar-refractivity contribution in [3.63, 3.8) is 0 Å². The maximum absolute atomic E-state index is 6.13. The number of nitrogens with one attached hydrogen (secondary N) is 2. The highest BCUT2D eigenvalue weighted by Gasteiger charge is 2.15. The van der Waals surface area contributed by atoms with Crippen LogP contribution in [0, 0.1) is 0 Å². The normalized spacial score (nSPS) is 15.8. The standard InChI is InChI=1S/C25H26N4O2/c1-17-13-18-5-6-23(15-19(18)14-17)31-24-9-12-27-25(29-24)28-20-3-2-4-22(16-20)30-21-7-10-26-11-8-21/h2-6,9,12,14-16,21,26H,7-8,10-11,13H2,1H3,(H,27,28,29). The first-order valence-corrected chi connectivity index (χ1v) is 10.8. The number of nitrogens with zero attached hydrogens (tertiary/aromatic N) is 2. The minimum Gasteiger partial charge on any atom is -0.490 e. The molecule has 0 bridgehead atoms. The Labute approximate surface area is 182 Å². The van der Waals surface area contributed by atoms with Crippen molar-refractivity contribution in [1.82, 2.24) is 15.3 Å². The molecule has 0 spiro atoms. The smallest absolute Gasteiger partial charge is 0.230 e. The van der Waals surface area contributed by atoms with Crippen LogP contribution in [0.25, 0.3) is 6.08 Å². The third-order valence-corrected chi connectivity index (χ3v) is 5.52. The SMILES string of the molecule is CC1=Cc2cc(Oc3ccnc(Nc4cccc(OC5CCNCC5)c4)n3)ccc2C1. The van der Waals surface area contributed by atoms with Crippen LogP contribution in [0.5, 0.6) is 17.4 Å². The zero-order chi connectivity index (χ0) is 21.0. The van der Waals surface area contributed by atoms with E-state index in [1.165, 1.54) is 16.7 Å². The average Bonchev–Trinajstić information content (AvgIpc) is 3.14. The highest BCUT2D eigenvalue weighted by atomic mass is 16.5. The Hall–Kier alpha value is -3.38. The molecule has 1 aliphatic heterocycles. The second kappa shape index (κ2) is 8.78. The van der Waals surface area contributed by atoms with E-state index in [1.807, 2.05) is 30.3 Å². The Morgan fingerprint density at radius 2 is 1.94 bits per heavy atom. The van der Waals surface area contributed by atoms with E-state index in [1.54, 1.807) is 12.3 Å². The summed E-state index contributed by atoms with van der Waals surface area (Å²) < 4.78 is 12.1. The monoisotopic (exact) mass is 414 g/mol. The third kappa shape index (κ3) is 4.86. The predicted octanol–water partition coefficient (Wildman–Crippen LogP) is 5.10. The molecule has 0 amide bonds. The molecule has 2 heterocycles. The van der Waals surface area contributed by atoms with Crippen molar-refractivity contribution in [3.05, 3.63) is 71.4 Å². The zero-order valence-corrected chi connectivity index (χ0v) is 17.6. The summed E-state index contributed by atoms with van der Waals surface area (Å²) in [6.45, 7) is 4.15. The van der Waals surface area contributed by atoms with Crippen molar-refractivity contribution < 1.29 is 9.47 Å². The van der Waals surface area contributed by atoms with Gasteiger partial charge in [0.05, 0.1) is 0 Å². The third-order valence-electron chi connectivity index (χ3n) is 5.52. The van der Waals surface area contributed by atoms with Gasteiger partial charge < -0.3 is 20.1 Å². The van der Waals surface area contributed by atoms with Gasteiger partial charge in [0.1, 0.15) is 17.6 Å². The van der Waals surface area contributed by atoms with Crippen molar-refractivity contribution in [3.8, 4) is 17.4 Å². The van der Waals surface area contributed by atoms with E-state index in [9.17, 15) is 0 Å². The Bertz CT molecular complexity index is 1110. The van der Waals surface area contributed by atoms with Crippen LogP contribution in [0.15, 0.2) is 60.3 Å². The molecule has 1 fully saturated rings. The molecule has 2 N–H and O–H groups in total. The largest absolute Gasteiger partial charge is 0.490 e. The molecule has 31 heavy (non-hydrogen) atoms. The minimum absolute atomic E-state index is 0.260. The second-order valence-electron chi connectivity index (χ2n) is 8.07. The van der Waals surface area contributed by atoms with Gasteiger partial charge in [-0.1, -0.05) is 23.8 Å². The number of piperidine rings is 1. The summed E-state index contributed by atoms with van der Waals surface area (Å²) in [6.07, 6.45) is 7.22. The molecule has 0 atom stereocenters. The first-order chi connectivity index (χ1) is 15.2. The van der Waals surface area contributed by atoms with Crippen molar-refractivity contribution in [2.24, 2.45) is 0 Å². The van der Waals surface area contributed by atoms with Crippen molar-refractivity contribution in [1.29, 1.82) is 0 Å². The maximum Gasteiger partial charge on any atom is 0.230 e. The molecule has 1 saturated heterocycles. The van der Waals surface area contributed by atoms with E-state index in [0.717, 1.165) is 49.5 Å². The molecular weight excluding hydrogens is 388 g/mol. The number of anilines is 2. The summed E-state index contributed by atoms with van der Waals surface area (Å²) in [5.74, 6) is 2.60. The summed E-state index contributed by atoms with van der Waals surface area (Å²) in [4.78, 5) is 8.84. The molecule has 0 unspecified atom stereocenters. The van der Waals surface area contributed by atoms with E-state index in [2.05, 4.69) is 45.7 Å². The fourth-order valence-corrected chi connectivity index (χ4v) is 4.01. The summed E-state index contributed by atoms with van der Waals surface area (Å²) >= 11 is 0. The van der Waals surface area contributed by atoms with E-state index in [4.69, 9.17) is 9.47 Å². The van der Waals surface area contributed by atoms with Crippen molar-refractivity contribution >= 4 is 17.7 Å². The van der Waals surface area contributed by atoms with Crippen LogP contribution in [0.1, 0.15) is 30.9 Å². The molecule has 3 aromatic rings. The highest BCUT2D eigenvalue weighted by Crippen LogP contribution is 2.30. The second-order valence-corrected chi connectivity index (χ2v) is 8.07. The number of hydrogen-bond donors (Lipinski definition) is 2. The van der Waals surface area contributed by atoms with Gasteiger partial charge in [-0.15, -0.1) is 0 Å². The van der Waals surface area contributed by atoms with Crippen LogP contribution in [0.3, 0.4) is 0 Å². The topological polar surface area (TPSA) is 68.3 Å². The van der Waals surface area contributed by atoms with Crippen LogP contribution >= 0.6 is 0 Å². The van der Waals surface area contributed by atoms with E-state index in [0.29, 0.717) is 11.8 Å². The summed E-state index contributed by atoms with van der Waals surface area (Å²) in [6, 6.07) is 15.8. The van der Waals surface area contributed by atoms with Crippen LogP contribution in [0.4, 0.5) is 11.6 Å². The Balaban J connectivity index is 1.26. The van der Waals surface area contributed by atoms with E-state index >= 15 is 0 Å². The van der Waals surface area contributed by atoms with Crippen LogP contribution < -0.4 is 20.1 Å². The molecule has 1 aromatic heterocycles. The first kappa shape index (κ1) is 19.6. The first-order valence-electron chi connectivity index (χ1n) is 10.8. The molecule has 2 aliphatic rings. The fourth-order valence-electron chi connectivity index (χ4n) is 4.01. The molecule has 6 heteroatoms. The Kier molecular flexibility index (Phi) is 5.54. The molecule has 1 aliphatic carbocycles. The van der Waals surface area contributed by atoms with Crippen molar-refractivity contribution in [2.75, 3.05) is 18.4 Å². The minimum atomic E-state index is 0.260. The van der Waals surface area contributed by atoms with Gasteiger partial charge in [-0.2, -0.15) is 4.98 Å². The Morgan fingerprint density at radius 1 is 1.03 bits per heavy atom. The summed E-state index contributed by atoms with van der Waals surface area (Å²) in [7, 11) is 0. The molecule has 5 rings (SSSR count). The highest BCUT2D eigenvalue weighted by molar-refractivity contribution is 5.65. The lowest BCUT2D eigenvalue weighted by molar-refractivity contribution is 0.162. The van der Waals surface area contributed by atoms with Gasteiger partial charge in [0, 0.05) is 24.0 Å². The summed E-state index contributed by atoms with van der Waals surface area (Å²) in [5.41, 5.74) is 4.79. The van der Waals surface area contributed by atoms with Gasteiger partial charge in [0.25, 0.3) is 0 Å². The zero-order valence-electron chi connectivity index (χ0n) is 17.6. The molecular formula is C25H26N4O2. The van der Waals surface area contributed by atoms with Gasteiger partial charge in [-0.3, -0.25) is 0 Å². The van der Waals surface area contributed by atoms with Crippen LogP contribution in [-0.4, -0.2) is 29.2 Å². The van der Waals surface area contributed by atoms with Gasteiger partial charge in [-0.25, -0.2) is 4.98 Å². The lowest BCUT2D eigenvalue weighted by Gasteiger charge is -2.24. The van der Waals surface area contributed by atoms with E-state index < -0.39 is 0 Å². The molecule has 6 nitrogen and oxygen atoms in total. The predicted molar refractivity (Wildman–Crippen MR) is 122 cm³/mol. The molecule has 158 valence electrons. The lowest BCUT2D eigenvalue weighted by Crippen LogP contribution is -2.34. The van der Waals surface area contributed by atoms with Crippen LogP contribution in [0.2, 0.25) is 0 Å². The number of aromatic nitrogens is 2. The quantitative estimate of drug-likeness (QED) is 0.585. The number of fused-ring (bicyclic) bond motifs is 1. The number of hydrogen-bond acceptors (Lipinski definition) is 6. The van der Waals surface area contributed by atoms with Gasteiger partial charge in [0.2, 0.25) is 11.8 Å². The van der Waals surface area contributed by atoms with Crippen molar-refractivity contribution in [2.45, 2.75) is 32.3 Å². The number of allylic oxidation sites excluding steroid dienone is 1. The van der Waals surface area contributed by atoms with Gasteiger partial charge in [0.15, 0.2) is 0 Å². The number of ether oxygens (including phenoxy) is 2. The maximum atomic E-state index is 6.13. The number of benzene rings is 2. The Morgan fingerprint density at radius 3 is 2.84 bits per heavy atom. The summed E-state index contributed by atoms with van der Waals surface area (Å²) in [5, 5.41) is 6.61. The molecule has 0 radical (unpaired) electrons. The van der Waals surface area contributed by atoms with Crippen LogP contribution in [-0.2, 0) is 6.42 Å². The number of rotatable bonds is 6. The molecule has 0 saturated carbocycles. The van der Waals surface area contributed by atoms with E-state index in [-0.39, 0.29) is 6.10 Å². The van der Waals surface area contributed by atoms with Gasteiger partial charge >= 0.3 is 0 Å². The fraction of sp³-hybridized carbons (Fsp3) is 0.280.